The quantitative estimate of drug-likeness (QED) is 0.875. The fourth-order valence-electron chi connectivity index (χ4n) is 1.58. The lowest BCUT2D eigenvalue weighted by Gasteiger charge is -2.11. The number of hydrogen-bond donors (Lipinski definition) is 1. The highest BCUT2D eigenvalue weighted by Crippen LogP contribution is 2.33. The van der Waals surface area contributed by atoms with Crippen molar-refractivity contribution in [2.24, 2.45) is 0 Å². The van der Waals surface area contributed by atoms with Crippen LogP contribution in [-0.4, -0.2) is 5.91 Å². The fraction of sp³-hybridized carbons (Fsp3) is 0.0769. The van der Waals surface area contributed by atoms with Crippen molar-refractivity contribution in [2.75, 3.05) is 5.32 Å². The average molecular weight is 359 g/mol. The Morgan fingerprint density at radius 1 is 1.29 bits per heavy atom. The summed E-state index contributed by atoms with van der Waals surface area (Å²) in [7, 11) is 0. The summed E-state index contributed by atoms with van der Waals surface area (Å²) in [5, 5.41) is 11.0. The third-order valence-corrected chi connectivity index (χ3v) is 2.93. The van der Waals surface area contributed by atoms with Crippen LogP contribution >= 0.6 is 15.9 Å². The molecule has 1 heterocycles. The number of nitrogens with one attached hydrogen (secondary N) is 1. The van der Waals surface area contributed by atoms with Gasteiger partial charge in [-0.15, -0.1) is 0 Å². The number of carbonyl (C=O) groups excluding carboxylic acids is 1. The Labute approximate surface area is 125 Å². The monoisotopic (exact) mass is 358 g/mol. The van der Waals surface area contributed by atoms with Gasteiger partial charge in [-0.3, -0.25) is 4.79 Å². The summed E-state index contributed by atoms with van der Waals surface area (Å²) < 4.78 is 43.7. The first-order valence-corrected chi connectivity index (χ1v) is 6.28. The normalized spacial score (nSPS) is 11.0. The highest BCUT2D eigenvalue weighted by atomic mass is 79.9. The molecule has 0 bridgehead atoms. The second-order valence-electron chi connectivity index (χ2n) is 3.93. The Bertz CT molecular complexity index is 732. The van der Waals surface area contributed by atoms with Crippen LogP contribution < -0.4 is 5.32 Å². The molecular weight excluding hydrogens is 353 g/mol. The maximum absolute atomic E-state index is 12.8. The Hall–Kier alpha value is -2.27. The van der Waals surface area contributed by atoms with Gasteiger partial charge in [0.25, 0.3) is 5.91 Å². The third-order valence-electron chi connectivity index (χ3n) is 2.50. The molecule has 108 valence electrons. The average Bonchev–Trinajstić information content (AvgIpc) is 2.84. The Kier molecular flexibility index (Phi) is 4.04. The molecule has 1 amide bonds. The zero-order valence-corrected chi connectivity index (χ0v) is 11.7. The van der Waals surface area contributed by atoms with E-state index in [2.05, 4.69) is 21.2 Å². The molecule has 1 N–H and O–H groups in total. The molecule has 2 aromatic rings. The minimum Gasteiger partial charge on any atom is -0.444 e. The first kappa shape index (κ1) is 15.1. The standard InChI is InChI=1S/C13H6BrF3N2O2/c14-11-4-3-10(21-11)12(20)19-8-2-1-7(6-18)9(5-8)13(15,16)17/h1-5H,(H,19,20). The lowest BCUT2D eigenvalue weighted by Crippen LogP contribution is -2.13. The van der Waals surface area contributed by atoms with Gasteiger partial charge in [0.2, 0.25) is 0 Å². The molecule has 0 atom stereocenters. The molecule has 0 unspecified atom stereocenters. The van der Waals surface area contributed by atoms with Gasteiger partial charge in [0.1, 0.15) is 0 Å². The maximum atomic E-state index is 12.8. The number of alkyl halides is 3. The van der Waals surface area contributed by atoms with Crippen LogP contribution in [0.25, 0.3) is 0 Å². The van der Waals surface area contributed by atoms with E-state index < -0.39 is 23.2 Å². The first-order valence-electron chi connectivity index (χ1n) is 5.49. The van der Waals surface area contributed by atoms with Gasteiger partial charge in [-0.05, 0) is 46.3 Å². The van der Waals surface area contributed by atoms with Gasteiger partial charge in [0, 0.05) is 5.69 Å². The van der Waals surface area contributed by atoms with Crippen LogP contribution in [0.2, 0.25) is 0 Å². The fourth-order valence-corrected chi connectivity index (χ4v) is 1.89. The van der Waals surface area contributed by atoms with Gasteiger partial charge in [-0.2, -0.15) is 18.4 Å². The number of amides is 1. The van der Waals surface area contributed by atoms with E-state index in [0.29, 0.717) is 10.7 Å². The van der Waals surface area contributed by atoms with Gasteiger partial charge in [-0.25, -0.2) is 0 Å². The summed E-state index contributed by atoms with van der Waals surface area (Å²) in [6.45, 7) is 0. The molecule has 0 saturated carbocycles. The van der Waals surface area contributed by atoms with E-state index in [1.54, 1.807) is 0 Å². The molecule has 0 spiro atoms. The minimum absolute atomic E-state index is 0.0557. The van der Waals surface area contributed by atoms with E-state index in [1.807, 2.05) is 0 Å². The number of carbonyl (C=O) groups is 1. The number of hydrogen-bond acceptors (Lipinski definition) is 3. The highest BCUT2D eigenvalue weighted by molar-refractivity contribution is 9.10. The number of nitrogens with zero attached hydrogens (tertiary/aromatic N) is 1. The molecule has 0 aliphatic carbocycles. The minimum atomic E-state index is -4.68. The summed E-state index contributed by atoms with van der Waals surface area (Å²) in [4.78, 5) is 11.8. The Morgan fingerprint density at radius 2 is 2.00 bits per heavy atom. The molecule has 2 rings (SSSR count). The van der Waals surface area contributed by atoms with Crippen molar-refractivity contribution < 1.29 is 22.4 Å². The number of benzene rings is 1. The van der Waals surface area contributed by atoms with Crippen molar-refractivity contribution >= 4 is 27.5 Å². The van der Waals surface area contributed by atoms with Crippen molar-refractivity contribution in [1.82, 2.24) is 0 Å². The lowest BCUT2D eigenvalue weighted by atomic mass is 10.1. The summed E-state index contributed by atoms with van der Waals surface area (Å²) in [6, 6.07) is 7.22. The van der Waals surface area contributed by atoms with Crippen molar-refractivity contribution in [3.8, 4) is 6.07 Å². The van der Waals surface area contributed by atoms with Gasteiger partial charge < -0.3 is 9.73 Å². The van der Waals surface area contributed by atoms with E-state index in [9.17, 15) is 18.0 Å². The van der Waals surface area contributed by atoms with Crippen LogP contribution in [0.4, 0.5) is 18.9 Å². The van der Waals surface area contributed by atoms with E-state index in [0.717, 1.165) is 6.07 Å². The predicted octanol–water partition coefficient (Wildman–Crippen LogP) is 4.18. The number of rotatable bonds is 2. The van der Waals surface area contributed by atoms with Crippen molar-refractivity contribution in [3.05, 3.63) is 51.9 Å². The van der Waals surface area contributed by atoms with E-state index in [-0.39, 0.29) is 11.4 Å². The Balaban J connectivity index is 2.30. The maximum Gasteiger partial charge on any atom is 0.417 e. The smallest absolute Gasteiger partial charge is 0.417 e. The van der Waals surface area contributed by atoms with Gasteiger partial charge in [0.05, 0.1) is 17.2 Å². The Morgan fingerprint density at radius 3 is 2.52 bits per heavy atom. The predicted molar refractivity (Wildman–Crippen MR) is 70.5 cm³/mol. The molecular formula is C13H6BrF3N2O2. The van der Waals surface area contributed by atoms with E-state index in [1.165, 1.54) is 24.3 Å². The molecule has 1 aromatic carbocycles. The van der Waals surface area contributed by atoms with Crippen molar-refractivity contribution in [2.45, 2.75) is 6.18 Å². The van der Waals surface area contributed by atoms with Crippen LogP contribution in [0.1, 0.15) is 21.7 Å². The second-order valence-corrected chi connectivity index (χ2v) is 4.71. The van der Waals surface area contributed by atoms with Crippen LogP contribution in [0.3, 0.4) is 0 Å². The number of anilines is 1. The van der Waals surface area contributed by atoms with E-state index in [4.69, 9.17) is 9.68 Å². The number of nitriles is 1. The summed E-state index contributed by atoms with van der Waals surface area (Å²) in [5.74, 6) is -0.752. The van der Waals surface area contributed by atoms with Gasteiger partial charge >= 0.3 is 6.18 Å². The lowest BCUT2D eigenvalue weighted by molar-refractivity contribution is -0.137. The molecule has 0 saturated heterocycles. The summed E-state index contributed by atoms with van der Waals surface area (Å²) in [5.41, 5.74) is -1.71. The second kappa shape index (κ2) is 5.61. The molecule has 0 fully saturated rings. The van der Waals surface area contributed by atoms with Crippen molar-refractivity contribution in [1.29, 1.82) is 5.26 Å². The molecule has 0 radical (unpaired) electrons. The third kappa shape index (κ3) is 3.44. The molecule has 21 heavy (non-hydrogen) atoms. The van der Waals surface area contributed by atoms with Gasteiger partial charge in [0.15, 0.2) is 10.4 Å². The van der Waals surface area contributed by atoms with Crippen LogP contribution in [0.5, 0.6) is 0 Å². The van der Waals surface area contributed by atoms with Gasteiger partial charge in [-0.1, -0.05) is 0 Å². The molecule has 0 aliphatic heterocycles. The zero-order chi connectivity index (χ0) is 15.6. The van der Waals surface area contributed by atoms with Crippen LogP contribution in [-0.2, 0) is 6.18 Å². The topological polar surface area (TPSA) is 66.0 Å². The molecule has 0 aliphatic rings. The van der Waals surface area contributed by atoms with Crippen LogP contribution in [0, 0.1) is 11.3 Å². The largest absolute Gasteiger partial charge is 0.444 e. The SMILES string of the molecule is N#Cc1ccc(NC(=O)c2ccc(Br)o2)cc1C(F)(F)F. The highest BCUT2D eigenvalue weighted by Gasteiger charge is 2.34. The van der Waals surface area contributed by atoms with E-state index >= 15 is 0 Å². The molecule has 8 heteroatoms. The molecule has 1 aromatic heterocycles. The number of halogens is 4. The zero-order valence-electron chi connectivity index (χ0n) is 10.2. The molecule has 4 nitrogen and oxygen atoms in total. The van der Waals surface area contributed by atoms with Crippen molar-refractivity contribution in [3.63, 3.8) is 0 Å². The summed E-state index contributed by atoms with van der Waals surface area (Å²) in [6.07, 6.45) is -4.68. The first-order chi connectivity index (χ1) is 9.81. The van der Waals surface area contributed by atoms with Crippen LogP contribution in [0.15, 0.2) is 39.4 Å². The summed E-state index contributed by atoms with van der Waals surface area (Å²) >= 11 is 3.01. The number of furan rings is 1.